The molecule has 0 aliphatic heterocycles. The number of alkyl carbamates (subject to hydrolysis) is 1. The van der Waals surface area contributed by atoms with Crippen molar-refractivity contribution in [1.29, 1.82) is 0 Å². The smallest absolute Gasteiger partial charge is 0.407 e. The molecule has 2 heterocycles. The van der Waals surface area contributed by atoms with Gasteiger partial charge < -0.3 is 20.1 Å². The zero-order chi connectivity index (χ0) is 31.7. The largest absolute Gasteiger partial charge is 0.473 e. The van der Waals surface area contributed by atoms with Gasteiger partial charge >= 0.3 is 6.09 Å². The summed E-state index contributed by atoms with van der Waals surface area (Å²) in [4.78, 5) is 26.5. The number of carbonyl (C=O) groups is 2. The van der Waals surface area contributed by atoms with E-state index in [1.54, 1.807) is 6.07 Å². The second-order valence-electron chi connectivity index (χ2n) is 11.3. The van der Waals surface area contributed by atoms with Crippen LogP contribution in [0.4, 0.5) is 13.6 Å². The first-order valence-corrected chi connectivity index (χ1v) is 15.0. The number of halogens is 2. The summed E-state index contributed by atoms with van der Waals surface area (Å²) in [6, 6.07) is 16.6. The molecular formula is C34H40F2N4O4. The molecule has 44 heavy (non-hydrogen) atoms. The minimum atomic E-state index is -0.763. The molecule has 0 radical (unpaired) electrons. The highest BCUT2D eigenvalue weighted by Crippen LogP contribution is 2.26. The number of unbranched alkanes of at least 4 members (excludes halogenated alkanes) is 1. The number of ether oxygens (including phenoxy) is 2. The van der Waals surface area contributed by atoms with Crippen LogP contribution in [0, 0.1) is 18.6 Å². The Balaban J connectivity index is 1.54. The van der Waals surface area contributed by atoms with Crippen molar-refractivity contribution in [3.05, 3.63) is 100 Å². The third-order valence-electron chi connectivity index (χ3n) is 7.40. The molecule has 10 heteroatoms. The molecule has 0 saturated carbocycles. The number of aryl methyl sites for hydroxylation is 2. The molecule has 4 rings (SSSR count). The summed E-state index contributed by atoms with van der Waals surface area (Å²) < 4.78 is 41.3. The normalized spacial score (nSPS) is 12.5. The van der Waals surface area contributed by atoms with Crippen LogP contribution in [0.1, 0.15) is 79.2 Å². The van der Waals surface area contributed by atoms with Crippen molar-refractivity contribution in [3.63, 3.8) is 0 Å². The van der Waals surface area contributed by atoms with Crippen LogP contribution in [0.2, 0.25) is 0 Å². The molecule has 0 bridgehead atoms. The predicted octanol–water partition coefficient (Wildman–Crippen LogP) is 7.06. The number of benzene rings is 2. The molecule has 2 aromatic heterocycles. The summed E-state index contributed by atoms with van der Waals surface area (Å²) in [5.41, 5.74) is 2.18. The van der Waals surface area contributed by atoms with Crippen molar-refractivity contribution >= 4 is 17.5 Å². The molecule has 2 amide bonds. The van der Waals surface area contributed by atoms with Crippen LogP contribution in [-0.4, -0.2) is 33.7 Å². The third kappa shape index (κ3) is 8.12. The van der Waals surface area contributed by atoms with E-state index in [9.17, 15) is 18.4 Å². The first kappa shape index (κ1) is 32.4. The Morgan fingerprint density at radius 2 is 1.70 bits per heavy atom. The van der Waals surface area contributed by atoms with Crippen LogP contribution < -0.4 is 15.4 Å². The third-order valence-corrected chi connectivity index (χ3v) is 7.40. The Kier molecular flexibility index (Phi) is 10.9. The number of hydrogen-bond acceptors (Lipinski definition) is 5. The van der Waals surface area contributed by atoms with Gasteiger partial charge in [0.05, 0.1) is 27.9 Å². The molecule has 2 N–H and O–H groups in total. The van der Waals surface area contributed by atoms with E-state index < -0.39 is 23.3 Å². The maximum absolute atomic E-state index is 14.3. The molecule has 0 aliphatic rings. The second-order valence-corrected chi connectivity index (χ2v) is 11.3. The Morgan fingerprint density at radius 3 is 2.39 bits per heavy atom. The molecular weight excluding hydrogens is 566 g/mol. The molecule has 1 unspecified atom stereocenters. The van der Waals surface area contributed by atoms with Crippen LogP contribution in [0.15, 0.2) is 60.7 Å². The topological polar surface area (TPSA) is 94.0 Å². The number of nitrogens with zero attached hydrogens (tertiary/aromatic N) is 2. The van der Waals surface area contributed by atoms with Gasteiger partial charge in [-0.15, -0.1) is 0 Å². The van der Waals surface area contributed by atoms with Gasteiger partial charge in [-0.25, -0.2) is 13.6 Å². The van der Waals surface area contributed by atoms with Gasteiger partial charge in [-0.2, -0.15) is 9.61 Å². The van der Waals surface area contributed by atoms with E-state index in [2.05, 4.69) is 22.7 Å². The van der Waals surface area contributed by atoms with E-state index in [0.29, 0.717) is 29.6 Å². The van der Waals surface area contributed by atoms with E-state index in [4.69, 9.17) is 9.47 Å². The van der Waals surface area contributed by atoms with Crippen molar-refractivity contribution in [2.75, 3.05) is 6.54 Å². The van der Waals surface area contributed by atoms with E-state index in [1.165, 1.54) is 22.7 Å². The van der Waals surface area contributed by atoms with Crippen LogP contribution in [0.5, 0.6) is 5.88 Å². The van der Waals surface area contributed by atoms with Gasteiger partial charge in [0.15, 0.2) is 0 Å². The van der Waals surface area contributed by atoms with Gasteiger partial charge in [-0.05, 0) is 56.0 Å². The van der Waals surface area contributed by atoms with E-state index in [-0.39, 0.29) is 37.1 Å². The molecule has 1 atom stereocenters. The summed E-state index contributed by atoms with van der Waals surface area (Å²) in [6.07, 6.45) is 3.09. The maximum Gasteiger partial charge on any atom is 0.407 e. The highest BCUT2D eigenvalue weighted by molar-refractivity contribution is 6.02. The highest BCUT2D eigenvalue weighted by atomic mass is 19.1. The summed E-state index contributed by atoms with van der Waals surface area (Å²) in [5, 5.41) is 10.6. The summed E-state index contributed by atoms with van der Waals surface area (Å²) >= 11 is 0. The minimum absolute atomic E-state index is 0.138. The zero-order valence-corrected chi connectivity index (χ0v) is 25.7. The number of carbonyl (C=O) groups excluding carboxylic acids is 2. The van der Waals surface area contributed by atoms with E-state index >= 15 is 0 Å². The van der Waals surface area contributed by atoms with Gasteiger partial charge in [0.1, 0.15) is 24.8 Å². The van der Waals surface area contributed by atoms with Crippen molar-refractivity contribution in [3.8, 4) is 5.88 Å². The molecule has 8 nitrogen and oxygen atoms in total. The van der Waals surface area contributed by atoms with Crippen LogP contribution in [-0.2, 0) is 24.4 Å². The van der Waals surface area contributed by atoms with Crippen molar-refractivity contribution in [2.24, 2.45) is 0 Å². The lowest BCUT2D eigenvalue weighted by Crippen LogP contribution is -2.53. The van der Waals surface area contributed by atoms with Crippen LogP contribution >= 0.6 is 0 Å². The number of fused-ring (bicyclic) bond motifs is 1. The fraction of sp³-hybridized carbons (Fsp3) is 0.382. The summed E-state index contributed by atoms with van der Waals surface area (Å²) in [6.45, 7) is 7.73. The monoisotopic (exact) mass is 606 g/mol. The number of nitrogens with one attached hydrogen (secondary N) is 2. The molecule has 2 aromatic carbocycles. The Morgan fingerprint density at radius 1 is 0.977 bits per heavy atom. The summed E-state index contributed by atoms with van der Waals surface area (Å²) in [7, 11) is 0. The lowest BCUT2D eigenvalue weighted by molar-refractivity contribution is 0.0928. The van der Waals surface area contributed by atoms with Crippen LogP contribution in [0.25, 0.3) is 5.52 Å². The lowest BCUT2D eigenvalue weighted by Gasteiger charge is -2.30. The average molecular weight is 607 g/mol. The van der Waals surface area contributed by atoms with Gasteiger partial charge in [0.2, 0.25) is 5.88 Å². The van der Waals surface area contributed by atoms with Gasteiger partial charge in [-0.3, -0.25) is 4.79 Å². The SMILES string of the molecule is CCCCC(C)(CNC(=O)c1c(CCC)nn2c(OCc3c(F)cccc3F)cc(C)cc12)NC(=O)OCc1ccccc1. The van der Waals surface area contributed by atoms with Gasteiger partial charge in [0.25, 0.3) is 5.91 Å². The first-order chi connectivity index (χ1) is 21.1. The number of amides is 2. The lowest BCUT2D eigenvalue weighted by atomic mass is 9.94. The van der Waals surface area contributed by atoms with E-state index in [0.717, 1.165) is 30.4 Å². The van der Waals surface area contributed by atoms with Crippen molar-refractivity contribution in [1.82, 2.24) is 20.2 Å². The number of hydrogen-bond donors (Lipinski definition) is 2. The Hall–Kier alpha value is -4.47. The Labute approximate surface area is 256 Å². The zero-order valence-electron chi connectivity index (χ0n) is 25.7. The minimum Gasteiger partial charge on any atom is -0.473 e. The van der Waals surface area contributed by atoms with Crippen molar-refractivity contribution in [2.45, 2.75) is 78.6 Å². The highest BCUT2D eigenvalue weighted by Gasteiger charge is 2.29. The molecule has 0 saturated heterocycles. The Bertz CT molecular complexity index is 1570. The number of aromatic nitrogens is 2. The maximum atomic E-state index is 14.3. The molecule has 4 aromatic rings. The molecule has 0 aliphatic carbocycles. The molecule has 0 fully saturated rings. The fourth-order valence-corrected chi connectivity index (χ4v) is 5.00. The quantitative estimate of drug-likeness (QED) is 0.160. The average Bonchev–Trinajstić information content (AvgIpc) is 3.36. The van der Waals surface area contributed by atoms with Gasteiger partial charge in [-0.1, -0.05) is 69.5 Å². The molecule has 234 valence electrons. The second kappa shape index (κ2) is 14.8. The standard InChI is InChI=1S/C34H40F2N4O4/c1-5-7-17-34(4,38-33(42)44-20-24-13-9-8-10-14-24)22-37-32(41)31-28(12-6-2)39-40-29(31)18-23(3)19-30(40)43-21-25-26(35)15-11-16-27(25)36/h8-11,13-16,18-19H,5-7,12,17,20-22H2,1-4H3,(H,37,41)(H,38,42). The predicted molar refractivity (Wildman–Crippen MR) is 165 cm³/mol. The number of pyridine rings is 1. The number of rotatable bonds is 14. The fourth-order valence-electron chi connectivity index (χ4n) is 5.00. The van der Waals surface area contributed by atoms with Crippen molar-refractivity contribution < 1.29 is 27.8 Å². The van der Waals surface area contributed by atoms with E-state index in [1.807, 2.05) is 57.2 Å². The first-order valence-electron chi connectivity index (χ1n) is 15.0. The van der Waals surface area contributed by atoms with Gasteiger partial charge in [0, 0.05) is 12.6 Å². The summed E-state index contributed by atoms with van der Waals surface area (Å²) in [5.74, 6) is -1.49. The molecule has 0 spiro atoms. The van der Waals surface area contributed by atoms with Crippen LogP contribution in [0.3, 0.4) is 0 Å².